The van der Waals surface area contributed by atoms with Gasteiger partial charge in [-0.2, -0.15) is 0 Å². The minimum Gasteiger partial charge on any atom is -0.421 e. The molecule has 1 N–H and O–H groups in total. The third-order valence-corrected chi connectivity index (χ3v) is 3.42. The Kier molecular flexibility index (Phi) is 3.47. The monoisotopic (exact) mass is 294 g/mol. The van der Waals surface area contributed by atoms with E-state index in [1.165, 1.54) is 0 Å². The van der Waals surface area contributed by atoms with Crippen molar-refractivity contribution in [1.29, 1.82) is 0 Å². The van der Waals surface area contributed by atoms with Crippen LogP contribution in [0.5, 0.6) is 0 Å². The highest BCUT2D eigenvalue weighted by Gasteiger charge is 2.12. The van der Waals surface area contributed by atoms with Crippen molar-refractivity contribution in [1.82, 2.24) is 4.98 Å². The number of benzene rings is 1. The van der Waals surface area contributed by atoms with Crippen molar-refractivity contribution in [2.75, 3.05) is 5.32 Å². The normalized spacial score (nSPS) is 10.6. The zero-order valence-electron chi connectivity index (χ0n) is 12.2. The lowest BCUT2D eigenvalue weighted by Gasteiger charge is -2.06. The fraction of sp³-hybridized carbons (Fsp3) is 0.118. The third kappa shape index (κ3) is 2.61. The molecular weight excluding hydrogens is 280 g/mol. The van der Waals surface area contributed by atoms with Gasteiger partial charge in [-0.25, -0.2) is 4.79 Å². The van der Waals surface area contributed by atoms with Crippen LogP contribution in [0.15, 0.2) is 51.8 Å². The average Bonchev–Trinajstić information content (AvgIpc) is 2.49. The van der Waals surface area contributed by atoms with Crippen LogP contribution in [0.25, 0.3) is 11.0 Å². The molecule has 3 rings (SSSR count). The van der Waals surface area contributed by atoms with Gasteiger partial charge in [-0.1, -0.05) is 17.7 Å². The minimum absolute atomic E-state index is 0.106. The Balaban J connectivity index is 1.98. The lowest BCUT2D eigenvalue weighted by Crippen LogP contribution is -2.17. The summed E-state index contributed by atoms with van der Waals surface area (Å²) >= 11 is 0. The fourth-order valence-electron chi connectivity index (χ4n) is 2.16. The summed E-state index contributed by atoms with van der Waals surface area (Å²) in [6.45, 7) is 3.75. The first kappa shape index (κ1) is 14.0. The van der Waals surface area contributed by atoms with Crippen molar-refractivity contribution in [3.8, 4) is 0 Å². The van der Waals surface area contributed by atoms with E-state index in [9.17, 15) is 9.59 Å². The van der Waals surface area contributed by atoms with E-state index in [0.29, 0.717) is 16.5 Å². The van der Waals surface area contributed by atoms with Crippen LogP contribution in [-0.2, 0) is 0 Å². The third-order valence-electron chi connectivity index (χ3n) is 3.42. The van der Waals surface area contributed by atoms with E-state index in [1.54, 1.807) is 30.5 Å². The molecular formula is C17H14N2O3. The maximum atomic E-state index is 12.2. The summed E-state index contributed by atoms with van der Waals surface area (Å²) in [6, 6.07) is 10.3. The molecule has 0 saturated heterocycles. The maximum absolute atomic E-state index is 12.2. The summed E-state index contributed by atoms with van der Waals surface area (Å²) < 4.78 is 5.22. The Bertz CT molecular complexity index is 911. The number of pyridine rings is 1. The van der Waals surface area contributed by atoms with Crippen LogP contribution >= 0.6 is 0 Å². The molecule has 1 aromatic carbocycles. The van der Waals surface area contributed by atoms with Gasteiger partial charge in [0.15, 0.2) is 0 Å². The van der Waals surface area contributed by atoms with Crippen molar-refractivity contribution in [2.24, 2.45) is 0 Å². The number of nitrogens with zero attached hydrogens (tertiary/aromatic N) is 1. The second-order valence-electron chi connectivity index (χ2n) is 5.08. The smallest absolute Gasteiger partial charge is 0.360 e. The molecule has 0 aliphatic carbocycles. The summed E-state index contributed by atoms with van der Waals surface area (Å²) in [5.41, 5.74) is 2.24. The van der Waals surface area contributed by atoms with Gasteiger partial charge in [0.25, 0.3) is 5.91 Å². The van der Waals surface area contributed by atoms with Crippen LogP contribution < -0.4 is 10.9 Å². The molecule has 0 bridgehead atoms. The van der Waals surface area contributed by atoms with Gasteiger partial charge in [0.1, 0.15) is 11.3 Å². The summed E-state index contributed by atoms with van der Waals surface area (Å²) in [5, 5.41) is 3.29. The van der Waals surface area contributed by atoms with Crippen molar-refractivity contribution >= 4 is 22.6 Å². The van der Waals surface area contributed by atoms with E-state index in [-0.39, 0.29) is 11.6 Å². The predicted octanol–water partition coefficient (Wildman–Crippen LogP) is 3.06. The lowest BCUT2D eigenvalue weighted by molar-refractivity contribution is 0.102. The standard InChI is InChI=1S/C17H14N2O3/c1-10-3-5-12(6-4-10)16(20)19-14-9-13-11(2)18-8-7-15(13)22-17(14)21/h3-9H,1-2H3,(H,19,20). The second kappa shape index (κ2) is 5.44. The van der Waals surface area contributed by atoms with Crippen molar-refractivity contribution in [3.05, 3.63) is 69.8 Å². The molecule has 2 aromatic heterocycles. The predicted molar refractivity (Wildman–Crippen MR) is 84.1 cm³/mol. The number of hydrogen-bond donors (Lipinski definition) is 1. The zero-order valence-corrected chi connectivity index (χ0v) is 12.2. The molecule has 3 aromatic rings. The summed E-state index contributed by atoms with van der Waals surface area (Å²) in [7, 11) is 0. The van der Waals surface area contributed by atoms with Gasteiger partial charge >= 0.3 is 5.63 Å². The number of fused-ring (bicyclic) bond motifs is 1. The zero-order chi connectivity index (χ0) is 15.7. The van der Waals surface area contributed by atoms with Gasteiger partial charge in [0, 0.05) is 22.8 Å². The first-order chi connectivity index (χ1) is 10.5. The van der Waals surface area contributed by atoms with Crippen LogP contribution in [-0.4, -0.2) is 10.9 Å². The van der Waals surface area contributed by atoms with Gasteiger partial charge in [-0.3, -0.25) is 9.78 Å². The topological polar surface area (TPSA) is 72.2 Å². The van der Waals surface area contributed by atoms with E-state index < -0.39 is 5.63 Å². The number of rotatable bonds is 2. The Morgan fingerprint density at radius 2 is 1.86 bits per heavy atom. The van der Waals surface area contributed by atoms with Crippen molar-refractivity contribution in [3.63, 3.8) is 0 Å². The van der Waals surface area contributed by atoms with Crippen LogP contribution in [0.3, 0.4) is 0 Å². The van der Waals surface area contributed by atoms with E-state index >= 15 is 0 Å². The summed E-state index contributed by atoms with van der Waals surface area (Å²) in [6.07, 6.45) is 1.57. The number of aromatic nitrogens is 1. The summed E-state index contributed by atoms with van der Waals surface area (Å²) in [4.78, 5) is 28.3. The van der Waals surface area contributed by atoms with E-state index in [4.69, 9.17) is 4.42 Å². The molecule has 0 saturated carbocycles. The molecule has 110 valence electrons. The van der Waals surface area contributed by atoms with Crippen LogP contribution in [0.1, 0.15) is 21.6 Å². The molecule has 1 amide bonds. The highest BCUT2D eigenvalue weighted by atomic mass is 16.4. The quantitative estimate of drug-likeness (QED) is 0.788. The minimum atomic E-state index is -0.585. The number of carbonyl (C=O) groups is 1. The molecule has 0 spiro atoms. The van der Waals surface area contributed by atoms with Gasteiger partial charge in [-0.05, 0) is 38.1 Å². The maximum Gasteiger partial charge on any atom is 0.360 e. The Morgan fingerprint density at radius 3 is 2.59 bits per heavy atom. The first-order valence-electron chi connectivity index (χ1n) is 6.82. The Labute approximate surface area is 126 Å². The lowest BCUT2D eigenvalue weighted by atomic mass is 10.1. The Morgan fingerprint density at radius 1 is 1.14 bits per heavy atom. The largest absolute Gasteiger partial charge is 0.421 e. The van der Waals surface area contributed by atoms with E-state index in [0.717, 1.165) is 11.3 Å². The van der Waals surface area contributed by atoms with Crippen LogP contribution in [0.2, 0.25) is 0 Å². The second-order valence-corrected chi connectivity index (χ2v) is 5.08. The highest BCUT2D eigenvalue weighted by Crippen LogP contribution is 2.18. The highest BCUT2D eigenvalue weighted by molar-refractivity contribution is 6.04. The molecule has 0 fully saturated rings. The Hall–Kier alpha value is -2.95. The molecule has 0 aliphatic rings. The fourth-order valence-corrected chi connectivity index (χ4v) is 2.16. The number of hydrogen-bond acceptors (Lipinski definition) is 4. The van der Waals surface area contributed by atoms with Crippen LogP contribution in [0.4, 0.5) is 5.69 Å². The number of aryl methyl sites for hydroxylation is 2. The molecule has 2 heterocycles. The molecule has 22 heavy (non-hydrogen) atoms. The van der Waals surface area contributed by atoms with Gasteiger partial charge in [0.05, 0.1) is 0 Å². The molecule has 0 atom stereocenters. The number of nitrogens with one attached hydrogen (secondary N) is 1. The SMILES string of the molecule is Cc1ccc(C(=O)Nc2cc3c(C)nccc3oc2=O)cc1. The van der Waals surface area contributed by atoms with Gasteiger partial charge < -0.3 is 9.73 Å². The molecule has 0 unspecified atom stereocenters. The van der Waals surface area contributed by atoms with E-state index in [2.05, 4.69) is 10.3 Å². The summed E-state index contributed by atoms with van der Waals surface area (Å²) in [5.74, 6) is -0.354. The first-order valence-corrected chi connectivity index (χ1v) is 6.82. The molecule has 5 nitrogen and oxygen atoms in total. The number of amides is 1. The van der Waals surface area contributed by atoms with E-state index in [1.807, 2.05) is 26.0 Å². The molecule has 0 aliphatic heterocycles. The molecule has 0 radical (unpaired) electrons. The average molecular weight is 294 g/mol. The number of carbonyl (C=O) groups excluding carboxylic acids is 1. The van der Waals surface area contributed by atoms with Gasteiger partial charge in [0.2, 0.25) is 0 Å². The van der Waals surface area contributed by atoms with Crippen molar-refractivity contribution in [2.45, 2.75) is 13.8 Å². The number of anilines is 1. The van der Waals surface area contributed by atoms with Crippen LogP contribution in [0, 0.1) is 13.8 Å². The van der Waals surface area contributed by atoms with Gasteiger partial charge in [-0.15, -0.1) is 0 Å². The molecule has 5 heteroatoms. The van der Waals surface area contributed by atoms with Crippen molar-refractivity contribution < 1.29 is 9.21 Å².